The summed E-state index contributed by atoms with van der Waals surface area (Å²) in [5.41, 5.74) is 3.18. The Balaban J connectivity index is 2.13. The molecule has 0 aromatic heterocycles. The summed E-state index contributed by atoms with van der Waals surface area (Å²) in [6.45, 7) is 2.05. The van der Waals surface area contributed by atoms with E-state index in [-0.39, 0.29) is 11.2 Å². The molecule has 0 bridgehead atoms. The molecule has 0 saturated carbocycles. The van der Waals surface area contributed by atoms with Gasteiger partial charge in [0, 0.05) is 0 Å². The highest BCUT2D eigenvalue weighted by molar-refractivity contribution is 9.10. The van der Waals surface area contributed by atoms with E-state index in [1.54, 1.807) is 6.07 Å². The Labute approximate surface area is 120 Å². The number of hydrogen-bond donors (Lipinski definition) is 0. The molecule has 0 aliphatic carbocycles. The first-order valence-corrected chi connectivity index (χ1v) is 6.94. The molecule has 0 N–H and O–H groups in total. The first-order chi connectivity index (χ1) is 8.56. The third-order valence-electron chi connectivity index (χ3n) is 2.84. The summed E-state index contributed by atoms with van der Waals surface area (Å²) in [6, 6.07) is 13.2. The number of benzene rings is 2. The molecule has 94 valence electrons. The van der Waals surface area contributed by atoms with Gasteiger partial charge >= 0.3 is 0 Å². The summed E-state index contributed by atoms with van der Waals surface area (Å²) in [6.07, 6.45) is 0.697. The fraction of sp³-hybridized carbons (Fsp3) is 0.200. The van der Waals surface area contributed by atoms with Gasteiger partial charge in [-0.2, -0.15) is 0 Å². The highest BCUT2D eigenvalue weighted by Crippen LogP contribution is 2.28. The van der Waals surface area contributed by atoms with Crippen molar-refractivity contribution >= 4 is 27.5 Å². The van der Waals surface area contributed by atoms with Crippen LogP contribution in [0.15, 0.2) is 46.9 Å². The number of rotatable bonds is 3. The lowest BCUT2D eigenvalue weighted by Crippen LogP contribution is -1.97. The van der Waals surface area contributed by atoms with E-state index in [9.17, 15) is 4.39 Å². The lowest BCUT2D eigenvalue weighted by Gasteiger charge is -2.11. The molecule has 18 heavy (non-hydrogen) atoms. The van der Waals surface area contributed by atoms with E-state index in [1.807, 2.05) is 13.0 Å². The van der Waals surface area contributed by atoms with Crippen LogP contribution in [0.2, 0.25) is 0 Å². The van der Waals surface area contributed by atoms with E-state index in [1.165, 1.54) is 11.6 Å². The van der Waals surface area contributed by atoms with Gasteiger partial charge in [-0.25, -0.2) is 4.39 Å². The maximum Gasteiger partial charge on any atom is 0.137 e. The molecule has 0 nitrogen and oxygen atoms in total. The Kier molecular flexibility index (Phi) is 4.41. The Morgan fingerprint density at radius 1 is 1.17 bits per heavy atom. The molecule has 0 saturated heterocycles. The zero-order valence-electron chi connectivity index (χ0n) is 9.96. The minimum Gasteiger partial charge on any atom is -0.206 e. The molecule has 0 aliphatic rings. The van der Waals surface area contributed by atoms with E-state index in [0.29, 0.717) is 10.9 Å². The normalized spacial score (nSPS) is 12.4. The second-order valence-corrected chi connectivity index (χ2v) is 5.71. The van der Waals surface area contributed by atoms with Crippen molar-refractivity contribution in [3.63, 3.8) is 0 Å². The van der Waals surface area contributed by atoms with Gasteiger partial charge in [-0.1, -0.05) is 35.9 Å². The van der Waals surface area contributed by atoms with Crippen LogP contribution < -0.4 is 0 Å². The number of aryl methyl sites for hydroxylation is 1. The number of alkyl halides is 1. The molecule has 3 heteroatoms. The van der Waals surface area contributed by atoms with Crippen LogP contribution in [-0.4, -0.2) is 0 Å². The lowest BCUT2D eigenvalue weighted by atomic mass is 10.0. The van der Waals surface area contributed by atoms with Gasteiger partial charge < -0.3 is 0 Å². The van der Waals surface area contributed by atoms with Gasteiger partial charge in [0.05, 0.1) is 9.85 Å². The highest BCUT2D eigenvalue weighted by Gasteiger charge is 2.11. The topological polar surface area (TPSA) is 0 Å². The van der Waals surface area contributed by atoms with E-state index in [0.717, 1.165) is 11.1 Å². The zero-order valence-corrected chi connectivity index (χ0v) is 12.3. The van der Waals surface area contributed by atoms with E-state index >= 15 is 0 Å². The first-order valence-electron chi connectivity index (χ1n) is 5.71. The van der Waals surface area contributed by atoms with Crippen LogP contribution in [0.25, 0.3) is 0 Å². The minimum atomic E-state index is -0.276. The Morgan fingerprint density at radius 3 is 2.44 bits per heavy atom. The first kappa shape index (κ1) is 13.6. The van der Waals surface area contributed by atoms with Gasteiger partial charge in [0.25, 0.3) is 0 Å². The van der Waals surface area contributed by atoms with Crippen molar-refractivity contribution in [1.29, 1.82) is 0 Å². The zero-order chi connectivity index (χ0) is 13.1. The van der Waals surface area contributed by atoms with Crippen molar-refractivity contribution in [3.05, 3.63) is 69.4 Å². The molecular formula is C15H13BrClF. The van der Waals surface area contributed by atoms with Crippen LogP contribution >= 0.6 is 27.5 Å². The SMILES string of the molecule is Cc1ccc(CC(Cl)c2ccc(Br)c(F)c2)cc1. The van der Waals surface area contributed by atoms with Crippen LogP contribution in [0.5, 0.6) is 0 Å². The fourth-order valence-electron chi connectivity index (χ4n) is 1.76. The van der Waals surface area contributed by atoms with E-state index < -0.39 is 0 Å². The highest BCUT2D eigenvalue weighted by atomic mass is 79.9. The van der Waals surface area contributed by atoms with Crippen LogP contribution in [0.1, 0.15) is 22.1 Å². The smallest absolute Gasteiger partial charge is 0.137 e. The van der Waals surface area contributed by atoms with Gasteiger partial charge in [0.2, 0.25) is 0 Å². The molecule has 0 heterocycles. The van der Waals surface area contributed by atoms with Crippen molar-refractivity contribution in [3.8, 4) is 0 Å². The van der Waals surface area contributed by atoms with Crippen LogP contribution in [0.3, 0.4) is 0 Å². The monoisotopic (exact) mass is 326 g/mol. The molecule has 0 spiro atoms. The maximum atomic E-state index is 13.4. The molecular weight excluding hydrogens is 315 g/mol. The van der Waals surface area contributed by atoms with E-state index in [4.69, 9.17) is 11.6 Å². The summed E-state index contributed by atoms with van der Waals surface area (Å²) in [5.74, 6) is -0.276. The van der Waals surface area contributed by atoms with Gasteiger partial charge in [0.1, 0.15) is 5.82 Å². The summed E-state index contributed by atoms with van der Waals surface area (Å²) >= 11 is 9.46. The lowest BCUT2D eigenvalue weighted by molar-refractivity contribution is 0.618. The summed E-state index contributed by atoms with van der Waals surface area (Å²) < 4.78 is 13.9. The maximum absolute atomic E-state index is 13.4. The van der Waals surface area contributed by atoms with Gasteiger partial charge in [-0.3, -0.25) is 0 Å². The third-order valence-corrected chi connectivity index (χ3v) is 3.89. The van der Waals surface area contributed by atoms with Gasteiger partial charge in [-0.05, 0) is 52.5 Å². The molecule has 2 aromatic rings. The molecule has 1 unspecified atom stereocenters. The summed E-state index contributed by atoms with van der Waals surface area (Å²) in [4.78, 5) is 0. The van der Waals surface area contributed by atoms with Crippen molar-refractivity contribution in [2.75, 3.05) is 0 Å². The standard InChI is InChI=1S/C15H13BrClF/c1-10-2-4-11(5-3-10)8-14(17)12-6-7-13(16)15(18)9-12/h2-7,9,14H,8H2,1H3. The van der Waals surface area contributed by atoms with E-state index in [2.05, 4.69) is 40.2 Å². The number of halogens is 3. The van der Waals surface area contributed by atoms with Gasteiger partial charge in [0.15, 0.2) is 0 Å². The Morgan fingerprint density at radius 2 is 1.83 bits per heavy atom. The quantitative estimate of drug-likeness (QED) is 0.660. The fourth-order valence-corrected chi connectivity index (χ4v) is 2.32. The minimum absolute atomic E-state index is 0.213. The van der Waals surface area contributed by atoms with Crippen molar-refractivity contribution in [2.45, 2.75) is 18.7 Å². The molecule has 0 fully saturated rings. The largest absolute Gasteiger partial charge is 0.206 e. The second-order valence-electron chi connectivity index (χ2n) is 4.33. The molecule has 0 aliphatic heterocycles. The van der Waals surface area contributed by atoms with Crippen molar-refractivity contribution < 1.29 is 4.39 Å². The molecule has 0 amide bonds. The molecule has 0 radical (unpaired) electrons. The van der Waals surface area contributed by atoms with Gasteiger partial charge in [-0.15, -0.1) is 11.6 Å². The second kappa shape index (κ2) is 5.85. The average Bonchev–Trinajstić information content (AvgIpc) is 2.35. The summed E-state index contributed by atoms with van der Waals surface area (Å²) in [5, 5.41) is -0.213. The van der Waals surface area contributed by atoms with Crippen LogP contribution in [0, 0.1) is 12.7 Å². The average molecular weight is 328 g/mol. The Bertz CT molecular complexity index is 537. The molecule has 2 rings (SSSR count). The van der Waals surface area contributed by atoms with Crippen LogP contribution in [0.4, 0.5) is 4.39 Å². The Hall–Kier alpha value is -0.860. The van der Waals surface area contributed by atoms with Crippen molar-refractivity contribution in [2.24, 2.45) is 0 Å². The predicted molar refractivity (Wildman–Crippen MR) is 77.6 cm³/mol. The van der Waals surface area contributed by atoms with Crippen molar-refractivity contribution in [1.82, 2.24) is 0 Å². The molecule has 2 aromatic carbocycles. The number of hydrogen-bond acceptors (Lipinski definition) is 0. The van der Waals surface area contributed by atoms with Crippen LogP contribution in [-0.2, 0) is 6.42 Å². The molecule has 1 atom stereocenters. The summed E-state index contributed by atoms with van der Waals surface area (Å²) in [7, 11) is 0. The third kappa shape index (κ3) is 3.33. The predicted octanol–water partition coefficient (Wildman–Crippen LogP) is 5.42.